The Balaban J connectivity index is 2.33. The van der Waals surface area contributed by atoms with Gasteiger partial charge in [0.25, 0.3) is 0 Å². The van der Waals surface area contributed by atoms with Gasteiger partial charge in [0.05, 0.1) is 11.8 Å². The van der Waals surface area contributed by atoms with Crippen molar-refractivity contribution in [1.82, 2.24) is 0 Å². The number of unbranched alkanes of at least 4 members (excludes halogenated alkanes) is 1. The lowest BCUT2D eigenvalue weighted by atomic mass is 9.53. The van der Waals surface area contributed by atoms with Crippen LogP contribution < -0.4 is 0 Å². The molecule has 0 aliphatic heterocycles. The Morgan fingerprint density at radius 1 is 1.05 bits per heavy atom. The van der Waals surface area contributed by atoms with Crippen LogP contribution in [0.1, 0.15) is 65.2 Å². The van der Waals surface area contributed by atoms with Crippen molar-refractivity contribution in [2.24, 2.45) is 35.5 Å². The van der Waals surface area contributed by atoms with Crippen LogP contribution in [0.15, 0.2) is 0 Å². The zero-order chi connectivity index (χ0) is 16.3. The smallest absolute Gasteiger partial charge is 0.306 e. The minimum absolute atomic E-state index is 0.0667. The quantitative estimate of drug-likeness (QED) is 0.776. The van der Waals surface area contributed by atoms with Crippen molar-refractivity contribution in [3.8, 4) is 0 Å². The van der Waals surface area contributed by atoms with E-state index in [2.05, 4.69) is 13.8 Å². The summed E-state index contributed by atoms with van der Waals surface area (Å²) in [5, 5.41) is 19.3. The third kappa shape index (κ3) is 3.31. The molecule has 2 saturated carbocycles. The Morgan fingerprint density at radius 2 is 1.73 bits per heavy atom. The van der Waals surface area contributed by atoms with Crippen LogP contribution >= 0.6 is 0 Å². The van der Waals surface area contributed by atoms with Gasteiger partial charge >= 0.3 is 11.9 Å². The van der Waals surface area contributed by atoms with E-state index in [0.717, 1.165) is 51.4 Å². The molecular formula is C18H30O4. The highest BCUT2D eigenvalue weighted by molar-refractivity contribution is 5.73. The maximum Gasteiger partial charge on any atom is 0.306 e. The highest BCUT2D eigenvalue weighted by Gasteiger charge is 2.51. The average molecular weight is 310 g/mol. The van der Waals surface area contributed by atoms with Crippen LogP contribution in [-0.4, -0.2) is 22.2 Å². The fraction of sp³-hybridized carbons (Fsp3) is 0.889. The first-order valence-corrected chi connectivity index (χ1v) is 8.96. The molecule has 2 N–H and O–H groups in total. The number of carboxylic acid groups (broad SMARTS) is 2. The Bertz CT molecular complexity index is 406. The molecule has 0 heterocycles. The molecule has 0 spiro atoms. The normalized spacial score (nSPS) is 38.3. The molecule has 0 aromatic rings. The second kappa shape index (κ2) is 7.47. The van der Waals surface area contributed by atoms with E-state index in [4.69, 9.17) is 0 Å². The molecule has 4 nitrogen and oxygen atoms in total. The first kappa shape index (κ1) is 17.3. The van der Waals surface area contributed by atoms with Crippen molar-refractivity contribution < 1.29 is 19.8 Å². The number of hydrogen-bond acceptors (Lipinski definition) is 2. The van der Waals surface area contributed by atoms with Gasteiger partial charge in [-0.1, -0.05) is 39.5 Å². The minimum Gasteiger partial charge on any atom is -0.481 e. The van der Waals surface area contributed by atoms with Crippen molar-refractivity contribution in [3.05, 3.63) is 0 Å². The Kier molecular flexibility index (Phi) is 5.87. The maximum absolute atomic E-state index is 11.8. The van der Waals surface area contributed by atoms with Gasteiger partial charge in [0.2, 0.25) is 0 Å². The highest BCUT2D eigenvalue weighted by atomic mass is 16.4. The summed E-state index contributed by atoms with van der Waals surface area (Å²) in [6.07, 6.45) is 7.48. The van der Waals surface area contributed by atoms with Crippen LogP contribution in [0, 0.1) is 35.5 Å². The second-order valence-electron chi connectivity index (χ2n) is 7.27. The third-order valence-electron chi connectivity index (χ3n) is 6.23. The van der Waals surface area contributed by atoms with Crippen molar-refractivity contribution in [3.63, 3.8) is 0 Å². The Labute approximate surface area is 133 Å². The van der Waals surface area contributed by atoms with Gasteiger partial charge < -0.3 is 10.2 Å². The molecule has 0 bridgehead atoms. The van der Waals surface area contributed by atoms with Crippen LogP contribution in [0.5, 0.6) is 0 Å². The number of carboxylic acids is 2. The molecule has 2 aliphatic carbocycles. The standard InChI is InChI=1S/C18H30O4/c1-3-5-7-12-11(4-2)10-15(18(21)22)13-8-6-9-14(16(12)13)17(19)20/h11-16H,3-10H2,1-2H3,(H,19,20)(H,21,22). The largest absolute Gasteiger partial charge is 0.481 e. The van der Waals surface area contributed by atoms with Crippen molar-refractivity contribution in [2.75, 3.05) is 0 Å². The summed E-state index contributed by atoms with van der Waals surface area (Å²) in [7, 11) is 0. The third-order valence-corrected chi connectivity index (χ3v) is 6.23. The van der Waals surface area contributed by atoms with Crippen molar-refractivity contribution in [1.29, 1.82) is 0 Å². The van der Waals surface area contributed by atoms with E-state index in [9.17, 15) is 19.8 Å². The van der Waals surface area contributed by atoms with Gasteiger partial charge in [0.15, 0.2) is 0 Å². The lowest BCUT2D eigenvalue weighted by Gasteiger charge is -2.51. The molecule has 0 amide bonds. The first-order valence-electron chi connectivity index (χ1n) is 8.96. The first-order chi connectivity index (χ1) is 10.5. The summed E-state index contributed by atoms with van der Waals surface area (Å²) < 4.78 is 0. The Morgan fingerprint density at radius 3 is 2.27 bits per heavy atom. The molecule has 0 saturated heterocycles. The van der Waals surface area contributed by atoms with Crippen molar-refractivity contribution >= 4 is 11.9 Å². The summed E-state index contributed by atoms with van der Waals surface area (Å²) in [5.41, 5.74) is 0. The SMILES string of the molecule is CCCCC1C(CC)CC(C(=O)O)C2CCCC(C(=O)O)C12. The molecule has 2 aliphatic rings. The number of fused-ring (bicyclic) bond motifs is 1. The molecule has 4 heteroatoms. The van der Waals surface area contributed by atoms with Gasteiger partial charge in [-0.25, -0.2) is 0 Å². The fourth-order valence-corrected chi connectivity index (χ4v) is 5.24. The van der Waals surface area contributed by atoms with Gasteiger partial charge in [0.1, 0.15) is 0 Å². The minimum atomic E-state index is -0.714. The molecule has 2 rings (SSSR count). The van der Waals surface area contributed by atoms with Crippen LogP contribution in [0.4, 0.5) is 0 Å². The van der Waals surface area contributed by atoms with Gasteiger partial charge in [-0.2, -0.15) is 0 Å². The second-order valence-corrected chi connectivity index (χ2v) is 7.27. The number of carbonyl (C=O) groups is 2. The molecule has 6 atom stereocenters. The maximum atomic E-state index is 11.8. The summed E-state index contributed by atoms with van der Waals surface area (Å²) >= 11 is 0. The molecule has 0 aromatic carbocycles. The summed E-state index contributed by atoms with van der Waals surface area (Å²) in [6, 6.07) is 0. The molecule has 2 fully saturated rings. The average Bonchev–Trinajstić information content (AvgIpc) is 2.50. The van der Waals surface area contributed by atoms with E-state index in [-0.39, 0.29) is 23.7 Å². The number of aliphatic carboxylic acids is 2. The molecule has 6 unspecified atom stereocenters. The van der Waals surface area contributed by atoms with Crippen LogP contribution in [-0.2, 0) is 9.59 Å². The molecule has 0 radical (unpaired) electrons. The van der Waals surface area contributed by atoms with E-state index in [1.165, 1.54) is 0 Å². The summed E-state index contributed by atoms with van der Waals surface area (Å²) in [4.78, 5) is 23.5. The predicted octanol–water partition coefficient (Wildman–Crippen LogP) is 4.04. The van der Waals surface area contributed by atoms with E-state index in [1.54, 1.807) is 0 Å². The Hall–Kier alpha value is -1.06. The van der Waals surface area contributed by atoms with Gasteiger partial charge in [-0.05, 0) is 49.4 Å². The van der Waals surface area contributed by atoms with E-state index >= 15 is 0 Å². The topological polar surface area (TPSA) is 74.6 Å². The van der Waals surface area contributed by atoms with Crippen molar-refractivity contribution in [2.45, 2.75) is 65.2 Å². The molecular weight excluding hydrogens is 280 g/mol. The lowest BCUT2D eigenvalue weighted by molar-refractivity contribution is -0.161. The van der Waals surface area contributed by atoms with Gasteiger partial charge in [0, 0.05) is 0 Å². The molecule has 126 valence electrons. The van der Waals surface area contributed by atoms with Crippen LogP contribution in [0.2, 0.25) is 0 Å². The zero-order valence-corrected chi connectivity index (χ0v) is 13.8. The predicted molar refractivity (Wildman–Crippen MR) is 84.5 cm³/mol. The zero-order valence-electron chi connectivity index (χ0n) is 13.8. The summed E-state index contributed by atoms with van der Waals surface area (Å²) in [5.74, 6) is -1.20. The van der Waals surface area contributed by atoms with E-state index in [0.29, 0.717) is 11.8 Å². The van der Waals surface area contributed by atoms with Gasteiger partial charge in [-0.3, -0.25) is 9.59 Å². The summed E-state index contributed by atoms with van der Waals surface area (Å²) in [6.45, 7) is 4.29. The lowest BCUT2D eigenvalue weighted by Crippen LogP contribution is -2.49. The fourth-order valence-electron chi connectivity index (χ4n) is 5.24. The van der Waals surface area contributed by atoms with E-state index < -0.39 is 11.9 Å². The monoisotopic (exact) mass is 310 g/mol. The van der Waals surface area contributed by atoms with Crippen LogP contribution in [0.25, 0.3) is 0 Å². The molecule has 0 aromatic heterocycles. The van der Waals surface area contributed by atoms with E-state index in [1.807, 2.05) is 0 Å². The number of rotatable bonds is 6. The highest BCUT2D eigenvalue weighted by Crippen LogP contribution is 2.53. The van der Waals surface area contributed by atoms with Crippen LogP contribution in [0.3, 0.4) is 0 Å². The number of hydrogen-bond donors (Lipinski definition) is 2. The van der Waals surface area contributed by atoms with Gasteiger partial charge in [-0.15, -0.1) is 0 Å². The molecule has 22 heavy (non-hydrogen) atoms.